The highest BCUT2D eigenvalue weighted by Crippen LogP contribution is 2.12. The SMILES string of the molecule is CCCCCCCC(=O)CCC(=O)NCCC.CCCCCCCCCCCCC(=O)CC.CCCCCN1CCN(C(=O)CC)CC1. The van der Waals surface area contributed by atoms with Crippen LogP contribution in [-0.4, -0.2) is 72.4 Å². The van der Waals surface area contributed by atoms with E-state index in [2.05, 4.69) is 31.0 Å². The second-order valence-electron chi connectivity index (χ2n) is 13.7. The lowest BCUT2D eigenvalue weighted by atomic mass is 10.0. The van der Waals surface area contributed by atoms with Gasteiger partial charge in [0.25, 0.3) is 0 Å². The minimum absolute atomic E-state index is 0.00572. The lowest BCUT2D eigenvalue weighted by molar-refractivity contribution is -0.132. The second kappa shape index (κ2) is 38.0. The van der Waals surface area contributed by atoms with Gasteiger partial charge in [-0.15, -0.1) is 0 Å². The van der Waals surface area contributed by atoms with E-state index in [1.54, 1.807) is 0 Å². The van der Waals surface area contributed by atoms with Crippen molar-refractivity contribution >= 4 is 23.4 Å². The van der Waals surface area contributed by atoms with Crippen molar-refractivity contribution in [3.05, 3.63) is 0 Å². The molecule has 7 nitrogen and oxygen atoms in total. The number of nitrogens with one attached hydrogen (secondary N) is 1. The number of Topliss-reactive ketones (excluding diaryl/α,β-unsaturated/α-hetero) is 2. The van der Waals surface area contributed by atoms with Crippen molar-refractivity contribution in [2.45, 2.75) is 202 Å². The Morgan fingerprint density at radius 1 is 0.458 bits per heavy atom. The highest BCUT2D eigenvalue weighted by Gasteiger charge is 2.19. The van der Waals surface area contributed by atoms with Gasteiger partial charge in [-0.05, 0) is 32.2 Å². The summed E-state index contributed by atoms with van der Waals surface area (Å²) in [6, 6.07) is 0. The number of nitrogens with zero attached hydrogens (tertiary/aromatic N) is 2. The standard InChI is InChI=1S/C15H30O.C14H27NO2.C12H24N2O/c1-3-5-6-7-8-9-10-11-12-13-14-15(16)4-2;1-3-5-6-7-8-9-13(16)10-11-14(17)15-12-4-2;1-3-5-6-7-13-8-10-14(11-9-13)12(15)4-2/h3-14H2,1-2H3;3-12H2,1-2H3,(H,15,17);3-11H2,1-2H3. The quantitative estimate of drug-likeness (QED) is 0.0832. The van der Waals surface area contributed by atoms with Crippen LogP contribution in [0.25, 0.3) is 0 Å². The van der Waals surface area contributed by atoms with Gasteiger partial charge in [0.15, 0.2) is 0 Å². The van der Waals surface area contributed by atoms with Crippen LogP contribution in [0, 0.1) is 0 Å². The fourth-order valence-electron chi connectivity index (χ4n) is 5.67. The number of hydrogen-bond donors (Lipinski definition) is 1. The third kappa shape index (κ3) is 34.1. The number of unbranched alkanes of at least 4 members (excludes halogenated alkanes) is 15. The molecular weight excluding hydrogens is 598 g/mol. The maximum atomic E-state index is 11.5. The Balaban J connectivity index is 0. The Morgan fingerprint density at radius 2 is 0.917 bits per heavy atom. The molecule has 1 aliphatic heterocycles. The Bertz CT molecular complexity index is 750. The molecule has 48 heavy (non-hydrogen) atoms. The van der Waals surface area contributed by atoms with Crippen molar-refractivity contribution in [1.82, 2.24) is 15.1 Å². The number of carbonyl (C=O) groups excluding carboxylic acids is 4. The van der Waals surface area contributed by atoms with E-state index in [1.165, 1.54) is 103 Å². The molecule has 1 heterocycles. The third-order valence-electron chi connectivity index (χ3n) is 9.07. The van der Waals surface area contributed by atoms with Crippen LogP contribution in [0.1, 0.15) is 202 Å². The molecule has 1 fully saturated rings. The van der Waals surface area contributed by atoms with Crippen molar-refractivity contribution < 1.29 is 19.2 Å². The zero-order valence-corrected chi connectivity index (χ0v) is 32.9. The van der Waals surface area contributed by atoms with Gasteiger partial charge in [0, 0.05) is 71.2 Å². The van der Waals surface area contributed by atoms with Crippen molar-refractivity contribution in [1.29, 1.82) is 0 Å². The molecule has 0 atom stereocenters. The van der Waals surface area contributed by atoms with E-state index in [9.17, 15) is 19.2 Å². The first-order valence-corrected chi connectivity index (χ1v) is 20.6. The minimum Gasteiger partial charge on any atom is -0.356 e. The molecule has 0 radical (unpaired) electrons. The predicted molar refractivity (Wildman–Crippen MR) is 206 cm³/mol. The predicted octanol–water partition coefficient (Wildman–Crippen LogP) is 10.2. The highest BCUT2D eigenvalue weighted by molar-refractivity contribution is 5.84. The van der Waals surface area contributed by atoms with Gasteiger partial charge in [0.1, 0.15) is 11.6 Å². The van der Waals surface area contributed by atoms with Crippen molar-refractivity contribution in [2.24, 2.45) is 0 Å². The first-order chi connectivity index (χ1) is 23.3. The van der Waals surface area contributed by atoms with E-state index in [0.717, 1.165) is 64.7 Å². The van der Waals surface area contributed by atoms with Gasteiger partial charge < -0.3 is 10.2 Å². The number of rotatable bonds is 28. The van der Waals surface area contributed by atoms with Crippen LogP contribution in [0.4, 0.5) is 0 Å². The molecular formula is C41H81N3O4. The van der Waals surface area contributed by atoms with Crippen LogP contribution in [0.3, 0.4) is 0 Å². The average molecular weight is 680 g/mol. The summed E-state index contributed by atoms with van der Waals surface area (Å²) in [6.45, 7) is 18.5. The van der Waals surface area contributed by atoms with E-state index in [-0.39, 0.29) is 11.7 Å². The summed E-state index contributed by atoms with van der Waals surface area (Å²) in [4.78, 5) is 49.7. The first kappa shape index (κ1) is 48.4. The van der Waals surface area contributed by atoms with Crippen LogP contribution >= 0.6 is 0 Å². The van der Waals surface area contributed by atoms with Gasteiger partial charge in [-0.2, -0.15) is 0 Å². The number of piperazine rings is 1. The summed E-state index contributed by atoms with van der Waals surface area (Å²) < 4.78 is 0. The third-order valence-corrected chi connectivity index (χ3v) is 9.07. The van der Waals surface area contributed by atoms with Gasteiger partial charge in [-0.25, -0.2) is 0 Å². The fraction of sp³-hybridized carbons (Fsp3) is 0.902. The molecule has 0 aromatic rings. The lowest BCUT2D eigenvalue weighted by Crippen LogP contribution is -2.48. The molecule has 2 amide bonds. The molecule has 7 heteroatoms. The molecule has 0 spiro atoms. The molecule has 0 aromatic heterocycles. The van der Waals surface area contributed by atoms with Crippen molar-refractivity contribution in [3.63, 3.8) is 0 Å². The Kier molecular flexibility index (Phi) is 38.3. The molecule has 0 aliphatic carbocycles. The summed E-state index contributed by atoms with van der Waals surface area (Å²) in [5.41, 5.74) is 0. The minimum atomic E-state index is 0.00572. The van der Waals surface area contributed by atoms with Crippen LogP contribution in [0.2, 0.25) is 0 Å². The molecule has 1 saturated heterocycles. The molecule has 1 N–H and O–H groups in total. The van der Waals surface area contributed by atoms with Crippen molar-refractivity contribution in [3.8, 4) is 0 Å². The number of hydrogen-bond acceptors (Lipinski definition) is 5. The molecule has 1 rings (SSSR count). The van der Waals surface area contributed by atoms with Crippen LogP contribution < -0.4 is 5.32 Å². The zero-order chi connectivity index (χ0) is 36.1. The Morgan fingerprint density at radius 3 is 1.38 bits per heavy atom. The summed E-state index contributed by atoms with van der Waals surface area (Å²) in [7, 11) is 0. The summed E-state index contributed by atoms with van der Waals surface area (Å²) in [6.07, 6.45) is 27.7. The van der Waals surface area contributed by atoms with Gasteiger partial charge >= 0.3 is 0 Å². The molecule has 1 aliphatic rings. The average Bonchev–Trinajstić information content (AvgIpc) is 3.11. The monoisotopic (exact) mass is 680 g/mol. The Labute approximate surface area is 298 Å². The number of carbonyl (C=O) groups is 4. The van der Waals surface area contributed by atoms with Gasteiger partial charge in [-0.3, -0.25) is 24.1 Å². The van der Waals surface area contributed by atoms with Crippen LogP contribution in [0.5, 0.6) is 0 Å². The van der Waals surface area contributed by atoms with E-state index in [4.69, 9.17) is 0 Å². The highest BCUT2D eigenvalue weighted by atomic mass is 16.2. The fourth-order valence-corrected chi connectivity index (χ4v) is 5.67. The smallest absolute Gasteiger partial charge is 0.222 e. The number of ketones is 2. The molecule has 0 bridgehead atoms. The molecule has 0 saturated carbocycles. The molecule has 0 unspecified atom stereocenters. The normalized spacial score (nSPS) is 12.8. The largest absolute Gasteiger partial charge is 0.356 e. The van der Waals surface area contributed by atoms with E-state index >= 15 is 0 Å². The lowest BCUT2D eigenvalue weighted by Gasteiger charge is -2.34. The van der Waals surface area contributed by atoms with Crippen LogP contribution in [-0.2, 0) is 19.2 Å². The summed E-state index contributed by atoms with van der Waals surface area (Å²) in [5.74, 6) is 0.974. The maximum Gasteiger partial charge on any atom is 0.222 e. The van der Waals surface area contributed by atoms with Crippen LogP contribution in [0.15, 0.2) is 0 Å². The van der Waals surface area contributed by atoms with E-state index in [0.29, 0.717) is 43.9 Å². The zero-order valence-electron chi connectivity index (χ0n) is 32.9. The molecule has 284 valence electrons. The maximum absolute atomic E-state index is 11.5. The Hall–Kier alpha value is -1.76. The van der Waals surface area contributed by atoms with Crippen molar-refractivity contribution in [2.75, 3.05) is 39.3 Å². The van der Waals surface area contributed by atoms with E-state index in [1.807, 2.05) is 25.7 Å². The molecule has 0 aromatic carbocycles. The number of amides is 2. The summed E-state index contributed by atoms with van der Waals surface area (Å²) >= 11 is 0. The topological polar surface area (TPSA) is 86.8 Å². The second-order valence-corrected chi connectivity index (χ2v) is 13.7. The van der Waals surface area contributed by atoms with Gasteiger partial charge in [-0.1, -0.05) is 138 Å². The first-order valence-electron chi connectivity index (χ1n) is 20.6. The van der Waals surface area contributed by atoms with Gasteiger partial charge in [0.05, 0.1) is 0 Å². The summed E-state index contributed by atoms with van der Waals surface area (Å²) in [5, 5.41) is 2.78. The van der Waals surface area contributed by atoms with E-state index < -0.39 is 0 Å². The van der Waals surface area contributed by atoms with Gasteiger partial charge in [0.2, 0.25) is 11.8 Å².